The van der Waals surface area contributed by atoms with E-state index in [9.17, 15) is 10.1 Å². The maximum absolute atomic E-state index is 10.9. The number of nitro benzene ring substituents is 1. The van der Waals surface area contributed by atoms with Crippen LogP contribution in [0.2, 0.25) is 5.02 Å². The van der Waals surface area contributed by atoms with E-state index in [1.165, 1.54) is 12.1 Å². The highest BCUT2D eigenvalue weighted by Gasteiger charge is 2.18. The zero-order valence-electron chi connectivity index (χ0n) is 9.60. The summed E-state index contributed by atoms with van der Waals surface area (Å²) in [5.41, 5.74) is 0.467. The molecule has 0 unspecified atom stereocenters. The molecule has 0 spiro atoms. The van der Waals surface area contributed by atoms with Gasteiger partial charge in [0.05, 0.1) is 11.5 Å². The smallest absolute Gasteiger partial charge is 0.292 e. The fourth-order valence-corrected chi connectivity index (χ4v) is 1.81. The summed E-state index contributed by atoms with van der Waals surface area (Å²) >= 11 is 5.85. The van der Waals surface area contributed by atoms with E-state index in [1.54, 1.807) is 11.0 Å². The number of nitrogens with zero attached hydrogens (tertiary/aromatic N) is 2. The Hall–Kier alpha value is -1.33. The maximum Gasteiger partial charge on any atom is 0.292 e. The molecule has 0 radical (unpaired) electrons. The third-order valence-corrected chi connectivity index (χ3v) is 2.57. The zero-order valence-corrected chi connectivity index (χ0v) is 10.4. The van der Waals surface area contributed by atoms with E-state index in [1.807, 2.05) is 6.92 Å². The predicted octanol–water partition coefficient (Wildman–Crippen LogP) is 2.46. The van der Waals surface area contributed by atoms with E-state index in [4.69, 9.17) is 16.7 Å². The number of aliphatic hydroxyl groups excluding tert-OH is 1. The SMILES string of the molecule is CCCN(CCO)c1cc(Cl)ccc1[N+](=O)[O-]. The zero-order chi connectivity index (χ0) is 12.8. The van der Waals surface area contributed by atoms with Crippen LogP contribution in [0.3, 0.4) is 0 Å². The van der Waals surface area contributed by atoms with Crippen LogP contribution >= 0.6 is 11.6 Å². The highest BCUT2D eigenvalue weighted by Crippen LogP contribution is 2.31. The first-order chi connectivity index (χ1) is 8.10. The molecule has 17 heavy (non-hydrogen) atoms. The Kier molecular flexibility index (Phi) is 5.18. The largest absolute Gasteiger partial charge is 0.395 e. The molecule has 1 aromatic rings. The van der Waals surface area contributed by atoms with Crippen LogP contribution in [0.4, 0.5) is 11.4 Å². The summed E-state index contributed by atoms with van der Waals surface area (Å²) < 4.78 is 0. The Labute approximate surface area is 105 Å². The fourth-order valence-electron chi connectivity index (χ4n) is 1.65. The van der Waals surface area contributed by atoms with Crippen molar-refractivity contribution in [2.45, 2.75) is 13.3 Å². The van der Waals surface area contributed by atoms with Crippen molar-refractivity contribution >= 4 is 23.0 Å². The monoisotopic (exact) mass is 258 g/mol. The molecule has 0 aliphatic carbocycles. The van der Waals surface area contributed by atoms with Crippen molar-refractivity contribution in [1.29, 1.82) is 0 Å². The van der Waals surface area contributed by atoms with Crippen LogP contribution in [0.1, 0.15) is 13.3 Å². The molecule has 0 heterocycles. The van der Waals surface area contributed by atoms with Gasteiger partial charge in [-0.15, -0.1) is 0 Å². The predicted molar refractivity (Wildman–Crippen MR) is 67.7 cm³/mol. The number of benzene rings is 1. The summed E-state index contributed by atoms with van der Waals surface area (Å²) in [4.78, 5) is 12.2. The van der Waals surface area contributed by atoms with Crippen LogP contribution < -0.4 is 4.90 Å². The van der Waals surface area contributed by atoms with Crippen LogP contribution in [0.5, 0.6) is 0 Å². The quantitative estimate of drug-likeness (QED) is 0.629. The van der Waals surface area contributed by atoms with E-state index in [0.717, 1.165) is 6.42 Å². The number of rotatable bonds is 6. The van der Waals surface area contributed by atoms with Gasteiger partial charge in [0.15, 0.2) is 0 Å². The van der Waals surface area contributed by atoms with Crippen LogP contribution in [-0.2, 0) is 0 Å². The van der Waals surface area contributed by atoms with Gasteiger partial charge < -0.3 is 10.0 Å². The molecule has 94 valence electrons. The Bertz CT molecular complexity index is 392. The van der Waals surface area contributed by atoms with E-state index in [2.05, 4.69) is 0 Å². The molecule has 6 heteroatoms. The lowest BCUT2D eigenvalue weighted by Crippen LogP contribution is -2.28. The van der Waals surface area contributed by atoms with E-state index >= 15 is 0 Å². The van der Waals surface area contributed by atoms with Gasteiger partial charge in [0.2, 0.25) is 0 Å². The molecule has 0 saturated heterocycles. The van der Waals surface area contributed by atoms with Crippen LogP contribution in [-0.4, -0.2) is 29.7 Å². The van der Waals surface area contributed by atoms with Gasteiger partial charge in [-0.2, -0.15) is 0 Å². The van der Waals surface area contributed by atoms with Crippen molar-refractivity contribution in [3.63, 3.8) is 0 Å². The van der Waals surface area contributed by atoms with Crippen molar-refractivity contribution in [2.24, 2.45) is 0 Å². The summed E-state index contributed by atoms with van der Waals surface area (Å²) in [6.45, 7) is 2.92. The lowest BCUT2D eigenvalue weighted by atomic mass is 10.2. The molecule has 0 amide bonds. The molecule has 0 fully saturated rings. The van der Waals surface area contributed by atoms with Crippen LogP contribution in [0.15, 0.2) is 18.2 Å². The molecule has 1 aromatic carbocycles. The van der Waals surface area contributed by atoms with E-state index in [-0.39, 0.29) is 12.3 Å². The summed E-state index contributed by atoms with van der Waals surface area (Å²) in [6, 6.07) is 4.44. The summed E-state index contributed by atoms with van der Waals surface area (Å²) in [5, 5.41) is 20.3. The molecule has 0 atom stereocenters. The van der Waals surface area contributed by atoms with Crippen LogP contribution in [0, 0.1) is 10.1 Å². The summed E-state index contributed by atoms with van der Waals surface area (Å²) in [7, 11) is 0. The minimum Gasteiger partial charge on any atom is -0.395 e. The Morgan fingerprint density at radius 2 is 2.18 bits per heavy atom. The van der Waals surface area contributed by atoms with Crippen molar-refractivity contribution in [3.05, 3.63) is 33.3 Å². The van der Waals surface area contributed by atoms with Gasteiger partial charge in [0, 0.05) is 24.2 Å². The number of hydrogen-bond acceptors (Lipinski definition) is 4. The third-order valence-electron chi connectivity index (χ3n) is 2.34. The number of anilines is 1. The topological polar surface area (TPSA) is 66.6 Å². The fraction of sp³-hybridized carbons (Fsp3) is 0.455. The second-order valence-electron chi connectivity index (χ2n) is 3.60. The van der Waals surface area contributed by atoms with Crippen molar-refractivity contribution < 1.29 is 10.0 Å². The summed E-state index contributed by atoms with van der Waals surface area (Å²) in [5.74, 6) is 0. The normalized spacial score (nSPS) is 10.3. The Morgan fingerprint density at radius 1 is 1.47 bits per heavy atom. The third kappa shape index (κ3) is 3.57. The van der Waals surface area contributed by atoms with Crippen LogP contribution in [0.25, 0.3) is 0 Å². The molecule has 0 bridgehead atoms. The highest BCUT2D eigenvalue weighted by molar-refractivity contribution is 6.31. The standard InChI is InChI=1S/C11H15ClN2O3/c1-2-5-13(6-7-15)11-8-9(12)3-4-10(11)14(16)17/h3-4,8,15H,2,5-7H2,1H3. The molecule has 5 nitrogen and oxygen atoms in total. The number of nitro groups is 1. The average Bonchev–Trinajstić information content (AvgIpc) is 2.28. The molecule has 1 rings (SSSR count). The van der Waals surface area contributed by atoms with Crippen molar-refractivity contribution in [1.82, 2.24) is 0 Å². The summed E-state index contributed by atoms with van der Waals surface area (Å²) in [6.07, 6.45) is 0.837. The average molecular weight is 259 g/mol. The number of halogens is 1. The van der Waals surface area contributed by atoms with Gasteiger partial charge in [-0.25, -0.2) is 0 Å². The van der Waals surface area contributed by atoms with Gasteiger partial charge in [0.1, 0.15) is 5.69 Å². The van der Waals surface area contributed by atoms with Gasteiger partial charge >= 0.3 is 0 Å². The molecule has 0 saturated carbocycles. The molecule has 1 N–H and O–H groups in total. The van der Waals surface area contributed by atoms with Crippen molar-refractivity contribution in [2.75, 3.05) is 24.6 Å². The second-order valence-corrected chi connectivity index (χ2v) is 4.04. The first-order valence-electron chi connectivity index (χ1n) is 5.40. The minimum absolute atomic E-state index is 0.0105. The van der Waals surface area contributed by atoms with Gasteiger partial charge in [-0.3, -0.25) is 10.1 Å². The Morgan fingerprint density at radius 3 is 2.71 bits per heavy atom. The van der Waals surface area contributed by atoms with E-state index in [0.29, 0.717) is 23.8 Å². The lowest BCUT2D eigenvalue weighted by Gasteiger charge is -2.23. The molecular weight excluding hydrogens is 244 g/mol. The Balaban J connectivity index is 3.14. The first kappa shape index (κ1) is 13.7. The molecule has 0 aliphatic heterocycles. The minimum atomic E-state index is -0.439. The molecular formula is C11H15ClN2O3. The number of hydrogen-bond donors (Lipinski definition) is 1. The lowest BCUT2D eigenvalue weighted by molar-refractivity contribution is -0.384. The van der Waals surface area contributed by atoms with Gasteiger partial charge in [-0.1, -0.05) is 18.5 Å². The molecule has 0 aliphatic rings. The highest BCUT2D eigenvalue weighted by atomic mass is 35.5. The maximum atomic E-state index is 10.9. The first-order valence-corrected chi connectivity index (χ1v) is 5.77. The van der Waals surface area contributed by atoms with Gasteiger partial charge in [0.25, 0.3) is 5.69 Å². The number of aliphatic hydroxyl groups is 1. The second kappa shape index (κ2) is 6.42. The van der Waals surface area contributed by atoms with Gasteiger partial charge in [-0.05, 0) is 18.6 Å². The van der Waals surface area contributed by atoms with E-state index < -0.39 is 4.92 Å². The van der Waals surface area contributed by atoms with Crippen molar-refractivity contribution in [3.8, 4) is 0 Å². The molecule has 0 aromatic heterocycles.